The van der Waals surface area contributed by atoms with E-state index in [1.807, 2.05) is 18.6 Å². The summed E-state index contributed by atoms with van der Waals surface area (Å²) in [6.45, 7) is 10.6. The highest BCUT2D eigenvalue weighted by Crippen LogP contribution is 2.35. The van der Waals surface area contributed by atoms with Crippen LogP contribution in [0, 0.1) is 5.41 Å². The van der Waals surface area contributed by atoms with Crippen molar-refractivity contribution >= 4 is 22.8 Å². The average molecular weight is 479 g/mol. The molecule has 1 aliphatic heterocycles. The van der Waals surface area contributed by atoms with E-state index >= 15 is 0 Å². The topological polar surface area (TPSA) is 49.8 Å². The quantitative estimate of drug-likeness (QED) is 0.295. The molecule has 4 nitrogen and oxygen atoms in total. The van der Waals surface area contributed by atoms with Crippen LogP contribution in [0.2, 0.25) is 0 Å². The van der Waals surface area contributed by atoms with Crippen LogP contribution in [0.4, 0.5) is 11.5 Å². The lowest BCUT2D eigenvalue weighted by molar-refractivity contribution is 0.509. The Kier molecular flexibility index (Phi) is 6.27. The van der Waals surface area contributed by atoms with Crippen molar-refractivity contribution in [2.45, 2.75) is 33.6 Å². The van der Waals surface area contributed by atoms with Crippen LogP contribution in [0.25, 0.3) is 21.6 Å². The molecule has 0 spiro atoms. The molecule has 5 heteroatoms. The lowest BCUT2D eigenvalue weighted by Crippen LogP contribution is -2.15. The first-order valence-electron chi connectivity index (χ1n) is 11.9. The Morgan fingerprint density at radius 2 is 1.97 bits per heavy atom. The third-order valence-electron chi connectivity index (χ3n) is 6.27. The number of hydrogen-bond acceptors (Lipinski definition) is 5. The van der Waals surface area contributed by atoms with Crippen molar-refractivity contribution in [3.63, 3.8) is 0 Å². The van der Waals surface area contributed by atoms with E-state index in [1.54, 1.807) is 11.3 Å². The van der Waals surface area contributed by atoms with Crippen LogP contribution in [0.15, 0.2) is 96.6 Å². The minimum atomic E-state index is -0.0192. The molecule has 0 saturated heterocycles. The molecule has 2 N–H and O–H groups in total. The van der Waals surface area contributed by atoms with Crippen molar-refractivity contribution in [2.24, 2.45) is 5.41 Å². The molecule has 0 amide bonds. The molecule has 4 aromatic rings. The van der Waals surface area contributed by atoms with E-state index in [1.165, 1.54) is 27.3 Å². The molecule has 5 rings (SSSR count). The summed E-state index contributed by atoms with van der Waals surface area (Å²) < 4.78 is 0. The van der Waals surface area contributed by atoms with Gasteiger partial charge in [-0.1, -0.05) is 63.8 Å². The zero-order chi connectivity index (χ0) is 24.4. The Bertz CT molecular complexity index is 1390. The Morgan fingerprint density at radius 1 is 1.09 bits per heavy atom. The lowest BCUT2D eigenvalue weighted by Gasteiger charge is -2.23. The second-order valence-electron chi connectivity index (χ2n) is 9.91. The molecule has 0 unspecified atom stereocenters. The van der Waals surface area contributed by atoms with E-state index in [-0.39, 0.29) is 5.41 Å². The molecule has 1 aromatic carbocycles. The maximum absolute atomic E-state index is 4.63. The maximum Gasteiger partial charge on any atom is 0.134 e. The van der Waals surface area contributed by atoms with E-state index in [9.17, 15) is 0 Å². The van der Waals surface area contributed by atoms with E-state index < -0.39 is 0 Å². The van der Waals surface area contributed by atoms with E-state index in [0.717, 1.165) is 41.2 Å². The van der Waals surface area contributed by atoms with Crippen molar-refractivity contribution < 1.29 is 0 Å². The molecule has 3 aromatic heterocycles. The first-order chi connectivity index (χ1) is 16.9. The van der Waals surface area contributed by atoms with Gasteiger partial charge in [0, 0.05) is 57.2 Å². The molecular formula is C30H30N4S. The van der Waals surface area contributed by atoms with Crippen LogP contribution in [-0.4, -0.2) is 9.97 Å². The van der Waals surface area contributed by atoms with Gasteiger partial charge >= 0.3 is 0 Å². The van der Waals surface area contributed by atoms with Crippen LogP contribution in [0.3, 0.4) is 0 Å². The molecule has 0 atom stereocenters. The molecule has 0 saturated carbocycles. The number of aromatic nitrogens is 2. The van der Waals surface area contributed by atoms with Crippen LogP contribution < -0.4 is 10.6 Å². The predicted octanol–water partition coefficient (Wildman–Crippen LogP) is 7.94. The SMILES string of the molecule is C=C(Nc1cncc(-c2cccc(CC3=CCc4c(-c5cccs5)ccnc4N3)c2)c1)C(C)(C)C. The summed E-state index contributed by atoms with van der Waals surface area (Å²) >= 11 is 1.77. The van der Waals surface area contributed by atoms with E-state index in [0.29, 0.717) is 0 Å². The maximum atomic E-state index is 4.63. The van der Waals surface area contributed by atoms with Gasteiger partial charge in [0.15, 0.2) is 0 Å². The highest BCUT2D eigenvalue weighted by Gasteiger charge is 2.17. The summed E-state index contributed by atoms with van der Waals surface area (Å²) in [6, 6.07) is 17.2. The van der Waals surface area contributed by atoms with Crippen molar-refractivity contribution in [2.75, 3.05) is 10.6 Å². The van der Waals surface area contributed by atoms with E-state index in [2.05, 4.69) is 108 Å². The van der Waals surface area contributed by atoms with Crippen LogP contribution in [0.1, 0.15) is 31.9 Å². The van der Waals surface area contributed by atoms with Gasteiger partial charge in [-0.2, -0.15) is 0 Å². The molecular weight excluding hydrogens is 448 g/mol. The lowest BCUT2D eigenvalue weighted by atomic mass is 9.93. The van der Waals surface area contributed by atoms with Crippen molar-refractivity contribution in [3.8, 4) is 21.6 Å². The number of nitrogens with zero attached hydrogens (tertiary/aromatic N) is 2. The highest BCUT2D eigenvalue weighted by molar-refractivity contribution is 7.13. The Labute approximate surface area is 211 Å². The average Bonchev–Trinajstić information content (AvgIpc) is 3.38. The van der Waals surface area contributed by atoms with Gasteiger partial charge in [-0.25, -0.2) is 4.98 Å². The summed E-state index contributed by atoms with van der Waals surface area (Å²) in [6.07, 6.45) is 9.65. The number of allylic oxidation sites excluding steroid dienone is 3. The third-order valence-corrected chi connectivity index (χ3v) is 7.17. The molecule has 35 heavy (non-hydrogen) atoms. The number of nitrogens with one attached hydrogen (secondary N) is 2. The summed E-state index contributed by atoms with van der Waals surface area (Å²) in [4.78, 5) is 10.4. The monoisotopic (exact) mass is 478 g/mol. The number of pyridine rings is 2. The molecule has 0 bridgehead atoms. The fraction of sp³-hybridized carbons (Fsp3) is 0.200. The largest absolute Gasteiger partial charge is 0.358 e. The van der Waals surface area contributed by atoms with Gasteiger partial charge in [0.1, 0.15) is 5.82 Å². The van der Waals surface area contributed by atoms with Gasteiger partial charge in [-0.15, -0.1) is 11.3 Å². The summed E-state index contributed by atoms with van der Waals surface area (Å²) in [5, 5.41) is 9.11. The second kappa shape index (κ2) is 9.51. The summed E-state index contributed by atoms with van der Waals surface area (Å²) in [5.41, 5.74) is 9.09. The Hall–Kier alpha value is -3.70. The number of hydrogen-bond donors (Lipinski definition) is 2. The molecule has 0 radical (unpaired) electrons. The smallest absolute Gasteiger partial charge is 0.134 e. The molecule has 1 aliphatic rings. The molecule has 4 heterocycles. The fourth-order valence-electron chi connectivity index (χ4n) is 4.12. The number of rotatable bonds is 6. The predicted molar refractivity (Wildman–Crippen MR) is 149 cm³/mol. The van der Waals surface area contributed by atoms with Crippen molar-refractivity contribution in [3.05, 3.63) is 108 Å². The summed E-state index contributed by atoms with van der Waals surface area (Å²) in [7, 11) is 0. The minimum Gasteiger partial charge on any atom is -0.358 e. The van der Waals surface area contributed by atoms with Gasteiger partial charge in [-0.05, 0) is 41.1 Å². The van der Waals surface area contributed by atoms with Crippen molar-refractivity contribution in [1.82, 2.24) is 9.97 Å². The van der Waals surface area contributed by atoms with Crippen LogP contribution in [0.5, 0.6) is 0 Å². The third kappa shape index (κ3) is 5.20. The number of thiophene rings is 1. The van der Waals surface area contributed by atoms with Gasteiger partial charge < -0.3 is 10.6 Å². The molecule has 0 fully saturated rings. The Morgan fingerprint density at radius 3 is 2.77 bits per heavy atom. The standard InChI is InChI=1S/C30H30N4S/c1-20(30(2,3)4)33-25-17-23(18-31-19-25)22-8-5-7-21(15-22)16-24-10-11-27-26(28-9-6-14-35-28)12-13-32-29(27)34-24/h5-10,12-15,17-19,33H,1,11,16H2,2-4H3,(H,32,34). The number of anilines is 2. The van der Waals surface area contributed by atoms with Crippen LogP contribution >= 0.6 is 11.3 Å². The second-order valence-corrected chi connectivity index (χ2v) is 10.9. The molecule has 176 valence electrons. The van der Waals surface area contributed by atoms with Crippen molar-refractivity contribution in [1.29, 1.82) is 0 Å². The zero-order valence-corrected chi connectivity index (χ0v) is 21.2. The fourth-order valence-corrected chi connectivity index (χ4v) is 4.90. The van der Waals surface area contributed by atoms with Crippen LogP contribution in [-0.2, 0) is 12.8 Å². The number of benzene rings is 1. The normalized spacial score (nSPS) is 12.9. The minimum absolute atomic E-state index is 0.0192. The van der Waals surface area contributed by atoms with Gasteiger partial charge in [-0.3, -0.25) is 4.98 Å². The van der Waals surface area contributed by atoms with E-state index in [4.69, 9.17) is 0 Å². The molecule has 0 aliphatic carbocycles. The number of fused-ring (bicyclic) bond motifs is 1. The van der Waals surface area contributed by atoms with Gasteiger partial charge in [0.25, 0.3) is 0 Å². The van der Waals surface area contributed by atoms with Gasteiger partial charge in [0.05, 0.1) is 11.9 Å². The first-order valence-corrected chi connectivity index (χ1v) is 12.7. The van der Waals surface area contributed by atoms with Gasteiger partial charge in [0.2, 0.25) is 0 Å². The highest BCUT2D eigenvalue weighted by atomic mass is 32.1. The zero-order valence-electron chi connectivity index (χ0n) is 20.4. The first kappa shape index (κ1) is 23.1. The Balaban J connectivity index is 1.33. The summed E-state index contributed by atoms with van der Waals surface area (Å²) in [5.74, 6) is 0.964.